The maximum absolute atomic E-state index is 13.9. The number of amides is 1. The molecule has 0 bridgehead atoms. The van der Waals surface area contributed by atoms with Crippen LogP contribution < -0.4 is 15.1 Å². The van der Waals surface area contributed by atoms with Crippen LogP contribution in [0, 0.1) is 12.7 Å². The number of phenols is 1. The molecule has 2 aromatic heterocycles. The number of halogens is 2. The summed E-state index contributed by atoms with van der Waals surface area (Å²) in [6.45, 7) is 1.74. The number of ether oxygens (including phenoxy) is 1. The Bertz CT molecular complexity index is 1480. The molecule has 0 saturated carbocycles. The molecule has 8 nitrogen and oxygen atoms in total. The normalized spacial score (nSPS) is 15.4. The van der Waals surface area contributed by atoms with Gasteiger partial charge in [-0.25, -0.2) is 4.39 Å². The van der Waals surface area contributed by atoms with E-state index in [0.717, 1.165) is 12.1 Å². The van der Waals surface area contributed by atoms with Gasteiger partial charge in [-0.2, -0.15) is 0 Å². The summed E-state index contributed by atoms with van der Waals surface area (Å²) < 4.78 is 25.2. The largest absolute Gasteiger partial charge is 0.503 e. The first-order chi connectivity index (χ1) is 15.3. The minimum absolute atomic E-state index is 0.0154. The molecule has 1 N–H and O–H groups in total. The average molecular weight is 518 g/mol. The van der Waals surface area contributed by atoms with Crippen LogP contribution in [0.1, 0.15) is 32.7 Å². The van der Waals surface area contributed by atoms with Crippen molar-refractivity contribution in [1.82, 2.24) is 10.2 Å². The third-order valence-electron chi connectivity index (χ3n) is 5.14. The van der Waals surface area contributed by atoms with Gasteiger partial charge in [-0.05, 0) is 58.7 Å². The van der Waals surface area contributed by atoms with E-state index in [4.69, 9.17) is 9.15 Å². The molecule has 4 aromatic rings. The van der Waals surface area contributed by atoms with Gasteiger partial charge in [0.05, 0.1) is 28.6 Å². The van der Waals surface area contributed by atoms with Gasteiger partial charge in [-0.3, -0.25) is 14.5 Å². The first kappa shape index (κ1) is 20.6. The summed E-state index contributed by atoms with van der Waals surface area (Å²) in [7, 11) is 1.38. The molecule has 1 aliphatic rings. The number of benzene rings is 2. The molecule has 1 atom stereocenters. The van der Waals surface area contributed by atoms with Gasteiger partial charge < -0.3 is 14.3 Å². The standard InChI is InChI=1S/C21H13BrFN3O5S/c1-8-24-25-21(32-8)26-16(9-5-12(22)18(28)14(6-9)30-2)15-17(27)11-7-10(23)3-4-13(11)31-19(15)20(26)29/h3-7,16,28H,1-2H3. The minimum Gasteiger partial charge on any atom is -0.503 e. The van der Waals surface area contributed by atoms with Gasteiger partial charge in [-0.1, -0.05) is 11.3 Å². The fourth-order valence-electron chi connectivity index (χ4n) is 3.75. The van der Waals surface area contributed by atoms with Crippen LogP contribution in [-0.2, 0) is 0 Å². The number of aryl methyl sites for hydroxylation is 1. The van der Waals surface area contributed by atoms with E-state index < -0.39 is 23.2 Å². The number of hydrogen-bond donors (Lipinski definition) is 1. The van der Waals surface area contributed by atoms with Crippen molar-refractivity contribution in [2.75, 3.05) is 12.0 Å². The van der Waals surface area contributed by atoms with E-state index in [0.29, 0.717) is 15.0 Å². The van der Waals surface area contributed by atoms with Gasteiger partial charge in [0.25, 0.3) is 5.91 Å². The summed E-state index contributed by atoms with van der Waals surface area (Å²) in [5, 5.41) is 19.2. The number of aromatic nitrogens is 2. The zero-order valence-corrected chi connectivity index (χ0v) is 19.0. The maximum Gasteiger partial charge on any atom is 0.297 e. The SMILES string of the molecule is COc1cc(C2c3c(oc4ccc(F)cc4c3=O)C(=O)N2c2nnc(C)s2)cc(Br)c1O. The number of methoxy groups -OCH3 is 1. The first-order valence-electron chi connectivity index (χ1n) is 9.26. The van der Waals surface area contributed by atoms with E-state index in [-0.39, 0.29) is 38.9 Å². The summed E-state index contributed by atoms with van der Waals surface area (Å²) in [6.07, 6.45) is 0. The van der Waals surface area contributed by atoms with Crippen LogP contribution in [0.3, 0.4) is 0 Å². The minimum atomic E-state index is -0.959. The lowest BCUT2D eigenvalue weighted by Crippen LogP contribution is -2.29. The topological polar surface area (TPSA) is 106 Å². The Balaban J connectivity index is 1.85. The van der Waals surface area contributed by atoms with Gasteiger partial charge in [0.1, 0.15) is 16.4 Å². The number of carbonyl (C=O) groups is 1. The number of carbonyl (C=O) groups excluding carboxylic acids is 1. The number of anilines is 1. The number of nitrogens with zero attached hydrogens (tertiary/aromatic N) is 3. The highest BCUT2D eigenvalue weighted by molar-refractivity contribution is 9.10. The quantitative estimate of drug-likeness (QED) is 0.431. The van der Waals surface area contributed by atoms with Crippen LogP contribution in [-0.4, -0.2) is 28.3 Å². The number of fused-ring (bicyclic) bond motifs is 2. The zero-order chi connectivity index (χ0) is 22.7. The Hall–Kier alpha value is -3.31. The fraction of sp³-hybridized carbons (Fsp3) is 0.143. The Kier molecular flexibility index (Phi) is 4.75. The van der Waals surface area contributed by atoms with Crippen LogP contribution in [0.25, 0.3) is 11.0 Å². The second kappa shape index (κ2) is 7.38. The van der Waals surface area contributed by atoms with Crippen molar-refractivity contribution in [3.05, 3.63) is 72.7 Å². The van der Waals surface area contributed by atoms with Gasteiger partial charge in [0.2, 0.25) is 10.9 Å². The zero-order valence-electron chi connectivity index (χ0n) is 16.6. The molecule has 11 heteroatoms. The Labute approximate surface area is 192 Å². The first-order valence-corrected chi connectivity index (χ1v) is 10.9. The van der Waals surface area contributed by atoms with E-state index in [2.05, 4.69) is 26.1 Å². The molecule has 0 radical (unpaired) electrons. The van der Waals surface area contributed by atoms with E-state index in [1.54, 1.807) is 13.0 Å². The summed E-state index contributed by atoms with van der Waals surface area (Å²) in [5.74, 6) is -1.33. The van der Waals surface area contributed by atoms with Crippen LogP contribution >= 0.6 is 27.3 Å². The summed E-state index contributed by atoms with van der Waals surface area (Å²) >= 11 is 4.45. The third kappa shape index (κ3) is 3.00. The highest BCUT2D eigenvalue weighted by atomic mass is 79.9. The van der Waals surface area contributed by atoms with Crippen molar-refractivity contribution in [2.24, 2.45) is 0 Å². The number of rotatable bonds is 3. The maximum atomic E-state index is 13.9. The average Bonchev–Trinajstić information content (AvgIpc) is 3.31. The molecule has 32 heavy (non-hydrogen) atoms. The summed E-state index contributed by atoms with van der Waals surface area (Å²) in [6, 6.07) is 5.67. The van der Waals surface area contributed by atoms with Crippen LogP contribution in [0.5, 0.6) is 11.5 Å². The molecule has 0 spiro atoms. The van der Waals surface area contributed by atoms with Gasteiger partial charge in [-0.15, -0.1) is 10.2 Å². The number of aromatic hydroxyl groups is 1. The molecular weight excluding hydrogens is 505 g/mol. The summed E-state index contributed by atoms with van der Waals surface area (Å²) in [5.41, 5.74) is 0.0585. The highest BCUT2D eigenvalue weighted by Gasteiger charge is 2.45. The van der Waals surface area contributed by atoms with Crippen LogP contribution in [0.15, 0.2) is 44.0 Å². The van der Waals surface area contributed by atoms with Crippen molar-refractivity contribution in [3.8, 4) is 11.5 Å². The molecule has 1 unspecified atom stereocenters. The fourth-order valence-corrected chi connectivity index (χ4v) is 4.92. The second-order valence-corrected chi connectivity index (χ2v) is 9.06. The van der Waals surface area contributed by atoms with E-state index in [1.165, 1.54) is 35.5 Å². The second-order valence-electron chi connectivity index (χ2n) is 7.05. The van der Waals surface area contributed by atoms with Crippen LogP contribution in [0.2, 0.25) is 0 Å². The lowest BCUT2D eigenvalue weighted by molar-refractivity contribution is 0.0970. The lowest BCUT2D eigenvalue weighted by atomic mass is 9.98. The van der Waals surface area contributed by atoms with E-state index in [1.807, 2.05) is 0 Å². The molecule has 1 amide bonds. The van der Waals surface area contributed by atoms with E-state index >= 15 is 0 Å². The molecule has 162 valence electrons. The molecule has 2 aromatic carbocycles. The third-order valence-corrected chi connectivity index (χ3v) is 6.58. The molecule has 3 heterocycles. The monoisotopic (exact) mass is 517 g/mol. The van der Waals surface area contributed by atoms with Crippen molar-refractivity contribution < 1.29 is 23.4 Å². The van der Waals surface area contributed by atoms with E-state index in [9.17, 15) is 19.1 Å². The predicted molar refractivity (Wildman–Crippen MR) is 118 cm³/mol. The van der Waals surface area contributed by atoms with Crippen molar-refractivity contribution >= 4 is 49.3 Å². The van der Waals surface area contributed by atoms with Crippen molar-refractivity contribution in [3.63, 3.8) is 0 Å². The Morgan fingerprint density at radius 1 is 1.25 bits per heavy atom. The van der Waals surface area contributed by atoms with Gasteiger partial charge in [0, 0.05) is 0 Å². The molecular formula is C21H13BrFN3O5S. The molecule has 0 aliphatic carbocycles. The van der Waals surface area contributed by atoms with Crippen molar-refractivity contribution in [1.29, 1.82) is 0 Å². The smallest absolute Gasteiger partial charge is 0.297 e. The number of hydrogen-bond acceptors (Lipinski definition) is 8. The summed E-state index contributed by atoms with van der Waals surface area (Å²) in [4.78, 5) is 28.2. The Morgan fingerprint density at radius 2 is 2.03 bits per heavy atom. The molecule has 5 rings (SSSR count). The van der Waals surface area contributed by atoms with Crippen LogP contribution in [0.4, 0.5) is 9.52 Å². The molecule has 0 saturated heterocycles. The van der Waals surface area contributed by atoms with Crippen molar-refractivity contribution in [2.45, 2.75) is 13.0 Å². The Morgan fingerprint density at radius 3 is 2.72 bits per heavy atom. The lowest BCUT2D eigenvalue weighted by Gasteiger charge is -2.23. The molecule has 1 aliphatic heterocycles. The van der Waals surface area contributed by atoms with Gasteiger partial charge in [0.15, 0.2) is 16.9 Å². The number of phenolic OH excluding ortho intramolecular Hbond substituents is 1. The molecule has 0 fully saturated rings. The predicted octanol–water partition coefficient (Wildman–Crippen LogP) is 4.32. The highest BCUT2D eigenvalue weighted by Crippen LogP contribution is 2.45. The van der Waals surface area contributed by atoms with Gasteiger partial charge >= 0.3 is 0 Å².